The Morgan fingerprint density at radius 3 is 2.41 bits per heavy atom. The number of carbonyl (C=O) groups is 2. The summed E-state index contributed by atoms with van der Waals surface area (Å²) in [7, 11) is 3.44. The van der Waals surface area contributed by atoms with Gasteiger partial charge in [-0.1, -0.05) is 48.5 Å². The van der Waals surface area contributed by atoms with Crippen molar-refractivity contribution < 1.29 is 19.1 Å². The van der Waals surface area contributed by atoms with Gasteiger partial charge in [-0.25, -0.2) is 0 Å². The molecule has 4 aromatic rings. The lowest BCUT2D eigenvalue weighted by Gasteiger charge is -2.13. The van der Waals surface area contributed by atoms with Crippen LogP contribution < -0.4 is 20.5 Å². The molecule has 0 aliphatic carbocycles. The molecule has 0 saturated heterocycles. The summed E-state index contributed by atoms with van der Waals surface area (Å²) >= 11 is 0. The summed E-state index contributed by atoms with van der Waals surface area (Å²) in [6, 6.07) is 22.6. The number of methoxy groups -OCH3 is 1. The number of fused-ring (bicyclic) bond motifs is 1. The third-order valence-corrected chi connectivity index (χ3v) is 5.17. The van der Waals surface area contributed by atoms with Gasteiger partial charge in [-0.05, 0) is 23.8 Å². The van der Waals surface area contributed by atoms with E-state index in [0.29, 0.717) is 22.7 Å². The average Bonchev–Trinajstić information content (AvgIpc) is 3.11. The van der Waals surface area contributed by atoms with Gasteiger partial charge in [-0.3, -0.25) is 9.59 Å². The standard InChI is InChI=1S/C25H23N3O4/c1-28-19-11-7-6-10-18(19)23(24(28)16-8-4-3-5-9-16)25(30)27-17-12-13-20(31-2)21(14-17)32-15-22(26)29/h3-14H,15H2,1-2H3,(H2,26,29)(H,27,30). The number of carbonyl (C=O) groups excluding carboxylic acids is 2. The first kappa shape index (κ1) is 21.0. The second-order valence-electron chi connectivity index (χ2n) is 7.24. The summed E-state index contributed by atoms with van der Waals surface area (Å²) in [5.74, 6) is -0.124. The summed E-state index contributed by atoms with van der Waals surface area (Å²) in [5.41, 5.74) is 8.97. The van der Waals surface area contributed by atoms with Crippen LogP contribution in [0, 0.1) is 0 Å². The van der Waals surface area contributed by atoms with Crippen molar-refractivity contribution in [3.63, 3.8) is 0 Å². The van der Waals surface area contributed by atoms with Gasteiger partial charge in [0.25, 0.3) is 11.8 Å². The number of amides is 2. The lowest BCUT2D eigenvalue weighted by atomic mass is 10.0. The van der Waals surface area contributed by atoms with E-state index in [1.165, 1.54) is 7.11 Å². The van der Waals surface area contributed by atoms with E-state index in [-0.39, 0.29) is 12.5 Å². The molecule has 0 saturated carbocycles. The number of rotatable bonds is 7. The van der Waals surface area contributed by atoms with Crippen LogP contribution in [-0.4, -0.2) is 30.1 Å². The van der Waals surface area contributed by atoms with Crippen LogP contribution in [0.15, 0.2) is 72.8 Å². The molecule has 4 rings (SSSR count). The van der Waals surface area contributed by atoms with E-state index < -0.39 is 5.91 Å². The fourth-order valence-corrected chi connectivity index (χ4v) is 3.77. The number of aryl methyl sites for hydroxylation is 1. The molecule has 3 aromatic carbocycles. The number of hydrogen-bond donors (Lipinski definition) is 2. The Balaban J connectivity index is 1.75. The lowest BCUT2D eigenvalue weighted by molar-refractivity contribution is -0.119. The van der Waals surface area contributed by atoms with Crippen LogP contribution in [-0.2, 0) is 11.8 Å². The summed E-state index contributed by atoms with van der Waals surface area (Å²) in [6.07, 6.45) is 0. The second kappa shape index (κ2) is 8.85. The average molecular weight is 429 g/mol. The maximum absolute atomic E-state index is 13.5. The topological polar surface area (TPSA) is 95.6 Å². The number of aromatic nitrogens is 1. The Bertz CT molecular complexity index is 1300. The van der Waals surface area contributed by atoms with Gasteiger partial charge < -0.3 is 25.1 Å². The van der Waals surface area contributed by atoms with Crippen LogP contribution >= 0.6 is 0 Å². The molecule has 2 amide bonds. The summed E-state index contributed by atoms with van der Waals surface area (Å²) in [4.78, 5) is 24.6. The summed E-state index contributed by atoms with van der Waals surface area (Å²) in [5, 5.41) is 3.80. The molecule has 1 aromatic heterocycles. The van der Waals surface area contributed by atoms with Gasteiger partial charge in [0, 0.05) is 29.7 Å². The number of nitrogens with zero attached hydrogens (tertiary/aromatic N) is 1. The molecule has 1 heterocycles. The summed E-state index contributed by atoms with van der Waals surface area (Å²) < 4.78 is 12.7. The molecule has 0 aliphatic heterocycles. The molecule has 0 unspecified atom stereocenters. The number of para-hydroxylation sites is 1. The van der Waals surface area contributed by atoms with Crippen LogP contribution in [0.2, 0.25) is 0 Å². The molecule has 0 atom stereocenters. The molecule has 0 spiro atoms. The van der Waals surface area contributed by atoms with Crippen molar-refractivity contribution in [2.45, 2.75) is 0 Å². The fourth-order valence-electron chi connectivity index (χ4n) is 3.77. The highest BCUT2D eigenvalue weighted by molar-refractivity contribution is 6.17. The Morgan fingerprint density at radius 2 is 1.69 bits per heavy atom. The van der Waals surface area contributed by atoms with Crippen molar-refractivity contribution >= 4 is 28.4 Å². The van der Waals surface area contributed by atoms with E-state index in [1.807, 2.05) is 66.2 Å². The van der Waals surface area contributed by atoms with Crippen molar-refractivity contribution in [1.82, 2.24) is 4.57 Å². The van der Waals surface area contributed by atoms with Crippen LogP contribution in [0.5, 0.6) is 11.5 Å². The van der Waals surface area contributed by atoms with Crippen molar-refractivity contribution in [2.24, 2.45) is 12.8 Å². The number of anilines is 1. The normalized spacial score (nSPS) is 10.7. The van der Waals surface area contributed by atoms with Gasteiger partial charge in [0.1, 0.15) is 0 Å². The Hall–Kier alpha value is -4.26. The molecule has 162 valence electrons. The third-order valence-electron chi connectivity index (χ3n) is 5.17. The van der Waals surface area contributed by atoms with Gasteiger partial charge in [-0.15, -0.1) is 0 Å². The van der Waals surface area contributed by atoms with Crippen LogP contribution in [0.3, 0.4) is 0 Å². The largest absolute Gasteiger partial charge is 0.493 e. The molecular formula is C25H23N3O4. The highest BCUT2D eigenvalue weighted by Crippen LogP contribution is 2.35. The first-order valence-electron chi connectivity index (χ1n) is 10.0. The summed E-state index contributed by atoms with van der Waals surface area (Å²) in [6.45, 7) is -0.296. The van der Waals surface area contributed by atoms with E-state index >= 15 is 0 Å². The maximum atomic E-state index is 13.5. The third kappa shape index (κ3) is 4.00. The SMILES string of the molecule is COc1ccc(NC(=O)c2c(-c3ccccc3)n(C)c3ccccc23)cc1OCC(N)=O. The van der Waals surface area contributed by atoms with Gasteiger partial charge in [-0.2, -0.15) is 0 Å². The van der Waals surface area contributed by atoms with Crippen molar-refractivity contribution in [3.05, 3.63) is 78.4 Å². The maximum Gasteiger partial charge on any atom is 0.258 e. The lowest BCUT2D eigenvalue weighted by Crippen LogP contribution is -2.20. The van der Waals surface area contributed by atoms with E-state index in [9.17, 15) is 9.59 Å². The molecule has 0 aliphatic rings. The molecule has 32 heavy (non-hydrogen) atoms. The number of benzene rings is 3. The number of hydrogen-bond acceptors (Lipinski definition) is 4. The van der Waals surface area contributed by atoms with E-state index in [0.717, 1.165) is 22.2 Å². The minimum Gasteiger partial charge on any atom is -0.493 e. The first-order chi connectivity index (χ1) is 15.5. The number of nitrogens with two attached hydrogens (primary N) is 1. The molecule has 7 nitrogen and oxygen atoms in total. The molecule has 0 fully saturated rings. The van der Waals surface area contributed by atoms with Crippen molar-refractivity contribution in [1.29, 1.82) is 0 Å². The Morgan fingerprint density at radius 1 is 0.969 bits per heavy atom. The van der Waals surface area contributed by atoms with Crippen LogP contribution in [0.1, 0.15) is 10.4 Å². The zero-order valence-electron chi connectivity index (χ0n) is 17.8. The molecule has 0 radical (unpaired) electrons. The van der Waals surface area contributed by atoms with Crippen molar-refractivity contribution in [2.75, 3.05) is 19.0 Å². The number of ether oxygens (including phenoxy) is 2. The monoisotopic (exact) mass is 429 g/mol. The molecule has 0 bridgehead atoms. The van der Waals surface area contributed by atoms with E-state index in [1.54, 1.807) is 18.2 Å². The molecule has 7 heteroatoms. The van der Waals surface area contributed by atoms with Crippen LogP contribution in [0.4, 0.5) is 5.69 Å². The quantitative estimate of drug-likeness (QED) is 0.465. The van der Waals surface area contributed by atoms with Gasteiger partial charge in [0.2, 0.25) is 0 Å². The van der Waals surface area contributed by atoms with E-state index in [4.69, 9.17) is 15.2 Å². The van der Waals surface area contributed by atoms with E-state index in [2.05, 4.69) is 5.32 Å². The predicted molar refractivity (Wildman–Crippen MR) is 124 cm³/mol. The Kier molecular flexibility index (Phi) is 5.81. The fraction of sp³-hybridized carbons (Fsp3) is 0.120. The minimum atomic E-state index is -0.607. The zero-order chi connectivity index (χ0) is 22.7. The van der Waals surface area contributed by atoms with Gasteiger partial charge in [0.05, 0.1) is 18.4 Å². The number of nitrogens with one attached hydrogen (secondary N) is 1. The molecular weight excluding hydrogens is 406 g/mol. The zero-order valence-corrected chi connectivity index (χ0v) is 17.8. The first-order valence-corrected chi connectivity index (χ1v) is 10.0. The van der Waals surface area contributed by atoms with Gasteiger partial charge >= 0.3 is 0 Å². The highest BCUT2D eigenvalue weighted by atomic mass is 16.5. The smallest absolute Gasteiger partial charge is 0.258 e. The van der Waals surface area contributed by atoms with Gasteiger partial charge in [0.15, 0.2) is 18.1 Å². The van der Waals surface area contributed by atoms with Crippen LogP contribution in [0.25, 0.3) is 22.2 Å². The molecule has 3 N–H and O–H groups in total. The number of primary amides is 1. The second-order valence-corrected chi connectivity index (χ2v) is 7.24. The minimum absolute atomic E-state index is 0.258. The predicted octanol–water partition coefficient (Wildman–Crippen LogP) is 3.97. The highest BCUT2D eigenvalue weighted by Gasteiger charge is 2.22. The van der Waals surface area contributed by atoms with Crippen molar-refractivity contribution in [3.8, 4) is 22.8 Å². The Labute approximate surface area is 185 Å².